The van der Waals surface area contributed by atoms with Crippen molar-refractivity contribution in [3.8, 4) is 0 Å². The first-order chi connectivity index (χ1) is 8.37. The van der Waals surface area contributed by atoms with E-state index in [-0.39, 0.29) is 12.0 Å². The Balaban J connectivity index is 3.64. The molecule has 1 unspecified atom stereocenters. The number of halogens is 1. The van der Waals surface area contributed by atoms with E-state index in [1.165, 1.54) is 38.5 Å². The summed E-state index contributed by atoms with van der Waals surface area (Å²) < 4.78 is 14.6. The molecule has 0 amide bonds. The molecule has 0 saturated carbocycles. The van der Waals surface area contributed by atoms with Crippen LogP contribution in [-0.4, -0.2) is 12.2 Å². The summed E-state index contributed by atoms with van der Waals surface area (Å²) in [6, 6.07) is 0. The van der Waals surface area contributed by atoms with Gasteiger partial charge in [-0.3, -0.25) is 0 Å². The van der Waals surface area contributed by atoms with Gasteiger partial charge in [0.2, 0.25) is 0 Å². The van der Waals surface area contributed by atoms with Crippen molar-refractivity contribution >= 4 is 0 Å². The van der Waals surface area contributed by atoms with Crippen LogP contribution in [-0.2, 0) is 0 Å². The average molecular weight is 259 g/mol. The van der Waals surface area contributed by atoms with E-state index in [1.807, 2.05) is 20.8 Å². The maximum atomic E-state index is 14.6. The van der Waals surface area contributed by atoms with E-state index < -0.39 is 5.67 Å². The summed E-state index contributed by atoms with van der Waals surface area (Å²) in [6.07, 6.45) is 10.6. The van der Waals surface area contributed by atoms with Crippen molar-refractivity contribution in [2.75, 3.05) is 6.54 Å². The van der Waals surface area contributed by atoms with Gasteiger partial charge in [0.25, 0.3) is 0 Å². The Labute approximate surface area is 114 Å². The molecule has 0 aromatic rings. The Morgan fingerprint density at radius 1 is 0.833 bits per heavy atom. The van der Waals surface area contributed by atoms with Crippen LogP contribution in [0.5, 0.6) is 0 Å². The van der Waals surface area contributed by atoms with Crippen LogP contribution in [0.25, 0.3) is 0 Å². The molecule has 1 nitrogen and oxygen atoms in total. The number of rotatable bonds is 10. The highest BCUT2D eigenvalue weighted by Gasteiger charge is 2.40. The van der Waals surface area contributed by atoms with Crippen LogP contribution in [0.4, 0.5) is 4.39 Å². The summed E-state index contributed by atoms with van der Waals surface area (Å²) in [5, 5.41) is 0. The van der Waals surface area contributed by atoms with Crippen LogP contribution in [0.15, 0.2) is 0 Å². The molecule has 0 aromatic carbocycles. The smallest absolute Gasteiger partial charge is 0.128 e. The summed E-state index contributed by atoms with van der Waals surface area (Å²) in [4.78, 5) is 0. The zero-order chi connectivity index (χ0) is 14.1. The van der Waals surface area contributed by atoms with Gasteiger partial charge < -0.3 is 5.73 Å². The van der Waals surface area contributed by atoms with Gasteiger partial charge in [-0.25, -0.2) is 4.39 Å². The molecule has 1 atom stereocenters. The van der Waals surface area contributed by atoms with E-state index in [4.69, 9.17) is 5.73 Å². The molecule has 0 aromatic heterocycles. The van der Waals surface area contributed by atoms with Gasteiger partial charge in [-0.15, -0.1) is 0 Å². The number of nitrogens with two attached hydrogens (primary N) is 1. The minimum atomic E-state index is -1.20. The van der Waals surface area contributed by atoms with E-state index in [0.29, 0.717) is 6.42 Å². The standard InChI is InChI=1S/C16H34FN/c1-5-6-7-8-9-10-11-12-13-16(17,14-18)15(2,3)4/h5-14,18H2,1-4H3. The summed E-state index contributed by atoms with van der Waals surface area (Å²) in [6.45, 7) is 8.23. The average Bonchev–Trinajstić information content (AvgIpc) is 2.30. The molecule has 0 heterocycles. The van der Waals surface area contributed by atoms with E-state index >= 15 is 0 Å². The van der Waals surface area contributed by atoms with Crippen molar-refractivity contribution in [3.05, 3.63) is 0 Å². The fraction of sp³-hybridized carbons (Fsp3) is 1.00. The van der Waals surface area contributed by atoms with Crippen LogP contribution >= 0.6 is 0 Å². The number of hydrogen-bond donors (Lipinski definition) is 1. The molecule has 110 valence electrons. The monoisotopic (exact) mass is 259 g/mol. The second-order valence-electron chi connectivity index (χ2n) is 6.64. The third-order valence-electron chi connectivity index (χ3n) is 4.09. The highest BCUT2D eigenvalue weighted by molar-refractivity contribution is 4.91. The Morgan fingerprint density at radius 3 is 1.67 bits per heavy atom. The van der Waals surface area contributed by atoms with Crippen molar-refractivity contribution in [1.29, 1.82) is 0 Å². The molecular formula is C16H34FN. The Kier molecular flexibility index (Phi) is 8.85. The summed E-state index contributed by atoms with van der Waals surface area (Å²) >= 11 is 0. The van der Waals surface area contributed by atoms with Crippen molar-refractivity contribution in [2.45, 2.75) is 91.2 Å². The van der Waals surface area contributed by atoms with Crippen molar-refractivity contribution in [1.82, 2.24) is 0 Å². The SMILES string of the molecule is CCCCCCCCCCC(F)(CN)C(C)(C)C. The predicted octanol–water partition coefficient (Wildman–Crippen LogP) is 5.23. The molecule has 2 heteroatoms. The summed E-state index contributed by atoms with van der Waals surface area (Å²) in [5.41, 5.74) is 4.07. The molecule has 0 fully saturated rings. The van der Waals surface area contributed by atoms with Crippen molar-refractivity contribution < 1.29 is 4.39 Å². The Bertz CT molecular complexity index is 198. The first-order valence-corrected chi connectivity index (χ1v) is 7.76. The topological polar surface area (TPSA) is 26.0 Å². The lowest BCUT2D eigenvalue weighted by Crippen LogP contribution is -2.45. The largest absolute Gasteiger partial charge is 0.328 e. The lowest BCUT2D eigenvalue weighted by Gasteiger charge is -2.37. The number of alkyl halides is 1. The zero-order valence-corrected chi connectivity index (χ0v) is 13.0. The van der Waals surface area contributed by atoms with Gasteiger partial charge in [0, 0.05) is 6.54 Å². The third kappa shape index (κ3) is 6.72. The first kappa shape index (κ1) is 17.9. The molecule has 0 radical (unpaired) electrons. The maximum absolute atomic E-state index is 14.6. The van der Waals surface area contributed by atoms with E-state index in [2.05, 4.69) is 6.92 Å². The van der Waals surface area contributed by atoms with Gasteiger partial charge in [0.15, 0.2) is 0 Å². The van der Waals surface area contributed by atoms with Gasteiger partial charge in [-0.1, -0.05) is 79.1 Å². The second kappa shape index (κ2) is 8.90. The first-order valence-electron chi connectivity index (χ1n) is 7.76. The number of unbranched alkanes of at least 4 members (excludes halogenated alkanes) is 7. The normalized spacial score (nSPS) is 15.7. The van der Waals surface area contributed by atoms with Gasteiger partial charge in [0.1, 0.15) is 5.67 Å². The van der Waals surface area contributed by atoms with Crippen LogP contribution in [0.1, 0.15) is 85.5 Å². The molecule has 0 aliphatic carbocycles. The highest BCUT2D eigenvalue weighted by atomic mass is 19.1. The summed E-state index contributed by atoms with van der Waals surface area (Å²) in [7, 11) is 0. The van der Waals surface area contributed by atoms with Crippen molar-refractivity contribution in [2.24, 2.45) is 11.1 Å². The minimum absolute atomic E-state index is 0.146. The second-order valence-corrected chi connectivity index (χ2v) is 6.64. The van der Waals surface area contributed by atoms with Gasteiger partial charge in [0.05, 0.1) is 0 Å². The maximum Gasteiger partial charge on any atom is 0.128 e. The molecule has 0 rings (SSSR count). The molecule has 0 aliphatic rings. The van der Waals surface area contributed by atoms with Crippen LogP contribution < -0.4 is 5.73 Å². The molecule has 0 saturated heterocycles. The highest BCUT2D eigenvalue weighted by Crippen LogP contribution is 2.37. The van der Waals surface area contributed by atoms with Crippen LogP contribution in [0, 0.1) is 5.41 Å². The molecular weight excluding hydrogens is 225 g/mol. The molecule has 2 N–H and O–H groups in total. The third-order valence-corrected chi connectivity index (χ3v) is 4.09. The van der Waals surface area contributed by atoms with Crippen molar-refractivity contribution in [3.63, 3.8) is 0 Å². The molecule has 0 bridgehead atoms. The quantitative estimate of drug-likeness (QED) is 0.534. The van der Waals surface area contributed by atoms with Gasteiger partial charge in [-0.05, 0) is 11.8 Å². The molecule has 0 spiro atoms. The lowest BCUT2D eigenvalue weighted by atomic mass is 9.75. The Morgan fingerprint density at radius 2 is 1.28 bits per heavy atom. The van der Waals surface area contributed by atoms with Crippen LogP contribution in [0.2, 0.25) is 0 Å². The fourth-order valence-electron chi connectivity index (χ4n) is 2.32. The fourth-order valence-corrected chi connectivity index (χ4v) is 2.32. The van der Waals surface area contributed by atoms with Gasteiger partial charge >= 0.3 is 0 Å². The van der Waals surface area contributed by atoms with Gasteiger partial charge in [-0.2, -0.15) is 0 Å². The van der Waals surface area contributed by atoms with Crippen LogP contribution in [0.3, 0.4) is 0 Å². The van der Waals surface area contributed by atoms with E-state index in [9.17, 15) is 4.39 Å². The minimum Gasteiger partial charge on any atom is -0.328 e. The Hall–Kier alpha value is -0.110. The van der Waals surface area contributed by atoms with E-state index in [1.54, 1.807) is 0 Å². The number of hydrogen-bond acceptors (Lipinski definition) is 1. The lowest BCUT2D eigenvalue weighted by molar-refractivity contribution is 0.0267. The molecule has 0 aliphatic heterocycles. The summed E-state index contributed by atoms with van der Waals surface area (Å²) in [5.74, 6) is 0. The zero-order valence-electron chi connectivity index (χ0n) is 13.0. The molecule has 18 heavy (non-hydrogen) atoms. The predicted molar refractivity (Wildman–Crippen MR) is 79.6 cm³/mol. The van der Waals surface area contributed by atoms with E-state index in [0.717, 1.165) is 12.8 Å².